The Bertz CT molecular complexity index is 654. The Morgan fingerprint density at radius 2 is 2.10 bits per heavy atom. The van der Waals surface area contributed by atoms with E-state index in [1.54, 1.807) is 12.3 Å². The predicted octanol–water partition coefficient (Wildman–Crippen LogP) is 1.56. The molecule has 0 saturated carbocycles. The van der Waals surface area contributed by atoms with Crippen LogP contribution in [0.4, 0.5) is 0 Å². The highest BCUT2D eigenvalue weighted by molar-refractivity contribution is 5.84. The van der Waals surface area contributed by atoms with Crippen molar-refractivity contribution in [2.45, 2.75) is 31.3 Å². The van der Waals surface area contributed by atoms with E-state index >= 15 is 0 Å². The number of aliphatic carboxylic acids is 1. The zero-order valence-electron chi connectivity index (χ0n) is 11.2. The van der Waals surface area contributed by atoms with E-state index in [2.05, 4.69) is 4.98 Å². The molecule has 1 saturated heterocycles. The van der Waals surface area contributed by atoms with Crippen LogP contribution in [0.2, 0.25) is 0 Å². The highest BCUT2D eigenvalue weighted by Crippen LogP contribution is 2.28. The first-order chi connectivity index (χ1) is 10.1. The maximum Gasteiger partial charge on any atom is 0.333 e. The van der Waals surface area contributed by atoms with Gasteiger partial charge in [0, 0.05) is 24.4 Å². The summed E-state index contributed by atoms with van der Waals surface area (Å²) in [4.78, 5) is 15.3. The molecule has 0 spiro atoms. The fourth-order valence-electron chi connectivity index (χ4n) is 2.41. The summed E-state index contributed by atoms with van der Waals surface area (Å²) in [6.07, 6.45) is -0.654. The van der Waals surface area contributed by atoms with Gasteiger partial charge in [-0.15, -0.1) is 0 Å². The molecule has 2 aromatic rings. The summed E-state index contributed by atoms with van der Waals surface area (Å²) in [6, 6.07) is 9.22. The minimum atomic E-state index is -1.10. The molecule has 0 amide bonds. The van der Waals surface area contributed by atoms with E-state index in [1.165, 1.54) is 0 Å². The molecule has 21 heavy (non-hydrogen) atoms. The number of rotatable bonds is 3. The van der Waals surface area contributed by atoms with E-state index in [-0.39, 0.29) is 12.8 Å². The van der Waals surface area contributed by atoms with Crippen LogP contribution < -0.4 is 4.74 Å². The number of aliphatic hydroxyl groups is 1. The lowest BCUT2D eigenvalue weighted by Crippen LogP contribution is -2.42. The third kappa shape index (κ3) is 2.96. The Balaban J connectivity index is 1.83. The van der Waals surface area contributed by atoms with Gasteiger partial charge in [-0.05, 0) is 12.1 Å². The number of fused-ring (bicyclic) bond motifs is 1. The van der Waals surface area contributed by atoms with Crippen LogP contribution in [0.1, 0.15) is 12.8 Å². The molecule has 0 radical (unpaired) electrons. The van der Waals surface area contributed by atoms with Crippen LogP contribution in [0.3, 0.4) is 0 Å². The van der Waals surface area contributed by atoms with E-state index in [0.29, 0.717) is 11.3 Å². The topological polar surface area (TPSA) is 88.9 Å². The first-order valence-corrected chi connectivity index (χ1v) is 6.70. The molecule has 1 aromatic carbocycles. The van der Waals surface area contributed by atoms with Gasteiger partial charge in [-0.25, -0.2) is 4.79 Å². The molecule has 3 atom stereocenters. The highest BCUT2D eigenvalue weighted by atomic mass is 16.7. The zero-order chi connectivity index (χ0) is 14.8. The molecule has 3 unspecified atom stereocenters. The van der Waals surface area contributed by atoms with Crippen molar-refractivity contribution in [1.29, 1.82) is 0 Å². The molecule has 6 heteroatoms. The average Bonchev–Trinajstić information content (AvgIpc) is 2.47. The first kappa shape index (κ1) is 13.8. The van der Waals surface area contributed by atoms with Crippen LogP contribution in [0.5, 0.6) is 5.75 Å². The lowest BCUT2D eigenvalue weighted by molar-refractivity contribution is -0.195. The van der Waals surface area contributed by atoms with Gasteiger partial charge in [-0.2, -0.15) is 0 Å². The van der Waals surface area contributed by atoms with Crippen LogP contribution in [0, 0.1) is 0 Å². The van der Waals surface area contributed by atoms with Crippen molar-refractivity contribution in [1.82, 2.24) is 4.98 Å². The van der Waals surface area contributed by atoms with Gasteiger partial charge in [-0.3, -0.25) is 4.98 Å². The number of aromatic nitrogens is 1. The number of carbonyl (C=O) groups is 1. The molecule has 110 valence electrons. The number of benzene rings is 1. The molecular weight excluding hydrogens is 274 g/mol. The Morgan fingerprint density at radius 3 is 2.90 bits per heavy atom. The average molecular weight is 289 g/mol. The Kier molecular flexibility index (Phi) is 3.72. The summed E-state index contributed by atoms with van der Waals surface area (Å²) >= 11 is 0. The minimum Gasteiger partial charge on any atom is -0.479 e. The molecule has 3 rings (SSSR count). The van der Waals surface area contributed by atoms with E-state index in [0.717, 1.165) is 5.39 Å². The van der Waals surface area contributed by atoms with Gasteiger partial charge in [0.1, 0.15) is 11.3 Å². The summed E-state index contributed by atoms with van der Waals surface area (Å²) < 4.78 is 11.1. The standard InChI is InChI=1S/C15H15NO5/c17-10-7-12(15(18)19)21-13(8-10)20-11-5-1-3-9-4-2-6-16-14(9)11/h1-6,10,12-13,17H,7-8H2,(H,18,19). The molecule has 1 aromatic heterocycles. The van der Waals surface area contributed by atoms with Gasteiger partial charge in [0.2, 0.25) is 6.29 Å². The number of hydrogen-bond acceptors (Lipinski definition) is 5. The number of ether oxygens (including phenoxy) is 2. The summed E-state index contributed by atoms with van der Waals surface area (Å²) in [7, 11) is 0. The maximum absolute atomic E-state index is 11.0. The van der Waals surface area contributed by atoms with Crippen LogP contribution in [0.15, 0.2) is 36.5 Å². The van der Waals surface area contributed by atoms with E-state index in [9.17, 15) is 9.90 Å². The number of carboxylic acid groups (broad SMARTS) is 1. The molecule has 2 N–H and O–H groups in total. The summed E-state index contributed by atoms with van der Waals surface area (Å²) in [5.74, 6) is -0.588. The molecule has 1 aliphatic rings. The van der Waals surface area contributed by atoms with E-state index in [1.807, 2.05) is 24.3 Å². The number of aliphatic hydroxyl groups excluding tert-OH is 1. The van der Waals surface area contributed by atoms with Crippen LogP contribution in [-0.2, 0) is 9.53 Å². The van der Waals surface area contributed by atoms with Gasteiger partial charge >= 0.3 is 5.97 Å². The maximum atomic E-state index is 11.0. The second-order valence-electron chi connectivity index (χ2n) is 4.97. The van der Waals surface area contributed by atoms with Gasteiger partial charge < -0.3 is 19.7 Å². The SMILES string of the molecule is O=C(O)C1CC(O)CC(Oc2cccc3cccnc23)O1. The van der Waals surface area contributed by atoms with Crippen molar-refractivity contribution in [2.75, 3.05) is 0 Å². The van der Waals surface area contributed by atoms with Crippen molar-refractivity contribution in [3.05, 3.63) is 36.5 Å². The first-order valence-electron chi connectivity index (χ1n) is 6.70. The fraction of sp³-hybridized carbons (Fsp3) is 0.333. The molecule has 1 aliphatic heterocycles. The van der Waals surface area contributed by atoms with Gasteiger partial charge in [-0.1, -0.05) is 18.2 Å². The highest BCUT2D eigenvalue weighted by Gasteiger charge is 2.34. The monoisotopic (exact) mass is 289 g/mol. The molecule has 1 fully saturated rings. The van der Waals surface area contributed by atoms with Crippen molar-refractivity contribution < 1.29 is 24.5 Å². The van der Waals surface area contributed by atoms with E-state index < -0.39 is 24.5 Å². The summed E-state index contributed by atoms with van der Waals surface area (Å²) in [5.41, 5.74) is 0.676. The van der Waals surface area contributed by atoms with Crippen molar-refractivity contribution in [3.63, 3.8) is 0 Å². The number of nitrogens with zero attached hydrogens (tertiary/aromatic N) is 1. The Labute approximate surface area is 120 Å². The lowest BCUT2D eigenvalue weighted by atomic mass is 10.1. The largest absolute Gasteiger partial charge is 0.479 e. The van der Waals surface area contributed by atoms with Crippen molar-refractivity contribution >= 4 is 16.9 Å². The fourth-order valence-corrected chi connectivity index (χ4v) is 2.41. The normalized spacial score (nSPS) is 25.7. The third-order valence-corrected chi connectivity index (χ3v) is 3.40. The second-order valence-corrected chi connectivity index (χ2v) is 4.97. The molecule has 6 nitrogen and oxygen atoms in total. The van der Waals surface area contributed by atoms with Crippen LogP contribution >= 0.6 is 0 Å². The lowest BCUT2D eigenvalue weighted by Gasteiger charge is -2.31. The molecule has 0 aliphatic carbocycles. The molecular formula is C15H15NO5. The number of hydrogen-bond donors (Lipinski definition) is 2. The summed E-state index contributed by atoms with van der Waals surface area (Å²) in [6.45, 7) is 0. The zero-order valence-corrected chi connectivity index (χ0v) is 11.2. The third-order valence-electron chi connectivity index (χ3n) is 3.40. The Morgan fingerprint density at radius 1 is 1.29 bits per heavy atom. The molecule has 0 bridgehead atoms. The Hall–Kier alpha value is -2.18. The van der Waals surface area contributed by atoms with Crippen molar-refractivity contribution in [2.24, 2.45) is 0 Å². The van der Waals surface area contributed by atoms with Crippen LogP contribution in [0.25, 0.3) is 10.9 Å². The minimum absolute atomic E-state index is 0.0724. The number of carboxylic acids is 1. The summed E-state index contributed by atoms with van der Waals surface area (Å²) in [5, 5.41) is 19.7. The number of para-hydroxylation sites is 1. The van der Waals surface area contributed by atoms with Gasteiger partial charge in [0.15, 0.2) is 6.10 Å². The smallest absolute Gasteiger partial charge is 0.333 e. The van der Waals surface area contributed by atoms with Crippen LogP contribution in [-0.4, -0.2) is 39.7 Å². The van der Waals surface area contributed by atoms with E-state index in [4.69, 9.17) is 14.6 Å². The van der Waals surface area contributed by atoms with Gasteiger partial charge in [0.05, 0.1) is 6.10 Å². The quantitative estimate of drug-likeness (QED) is 0.891. The predicted molar refractivity (Wildman–Crippen MR) is 73.9 cm³/mol. The van der Waals surface area contributed by atoms with Gasteiger partial charge in [0.25, 0.3) is 0 Å². The molecule has 2 heterocycles. The van der Waals surface area contributed by atoms with Crippen molar-refractivity contribution in [3.8, 4) is 5.75 Å². The second kappa shape index (κ2) is 5.67. The number of pyridine rings is 1.